The van der Waals surface area contributed by atoms with Gasteiger partial charge in [-0.05, 0) is 36.4 Å². The summed E-state index contributed by atoms with van der Waals surface area (Å²) in [4.78, 5) is 12.2. The van der Waals surface area contributed by atoms with Crippen LogP contribution in [0.15, 0.2) is 59.2 Å². The Hall–Kier alpha value is -2.68. The summed E-state index contributed by atoms with van der Waals surface area (Å²) in [5.74, 6) is -0.571. The summed E-state index contributed by atoms with van der Waals surface area (Å²) in [6.45, 7) is 0. The molecule has 3 aromatic rings. The van der Waals surface area contributed by atoms with Gasteiger partial charge in [0.25, 0.3) is 5.91 Å². The fourth-order valence-electron chi connectivity index (χ4n) is 2.13. The number of hydrogen-bond donors (Lipinski definition) is 1. The van der Waals surface area contributed by atoms with Crippen LogP contribution in [-0.4, -0.2) is 20.9 Å². The van der Waals surface area contributed by atoms with Crippen LogP contribution in [0.3, 0.4) is 0 Å². The van der Waals surface area contributed by atoms with Gasteiger partial charge in [0.15, 0.2) is 5.69 Å². The lowest BCUT2D eigenvalue weighted by molar-refractivity contribution is -0.137. The molecule has 0 unspecified atom stereocenters. The molecule has 0 bridgehead atoms. The first-order valence-corrected chi connectivity index (χ1v) is 7.80. The molecule has 1 N–H and O–H groups in total. The van der Waals surface area contributed by atoms with E-state index in [9.17, 15) is 18.0 Å². The number of para-hydroxylation sites is 1. The maximum Gasteiger partial charge on any atom is 0.418 e. The van der Waals surface area contributed by atoms with Crippen LogP contribution in [0.25, 0.3) is 5.69 Å². The van der Waals surface area contributed by atoms with E-state index in [1.54, 1.807) is 24.3 Å². The van der Waals surface area contributed by atoms with Gasteiger partial charge in [-0.2, -0.15) is 13.2 Å². The molecule has 128 valence electrons. The van der Waals surface area contributed by atoms with Crippen LogP contribution in [0.2, 0.25) is 0 Å². The van der Waals surface area contributed by atoms with Crippen LogP contribution >= 0.6 is 15.9 Å². The van der Waals surface area contributed by atoms with Crippen LogP contribution in [0.4, 0.5) is 18.9 Å². The standard InChI is InChI=1S/C16H10BrF3N4O/c17-10-5-7-11(8-6-10)21-15(25)13-9-24(23-22-13)14-4-2-1-3-12(14)16(18,19)20/h1-9H,(H,21,25). The number of rotatable bonds is 3. The van der Waals surface area contributed by atoms with E-state index in [4.69, 9.17) is 0 Å². The van der Waals surface area contributed by atoms with Gasteiger partial charge < -0.3 is 5.32 Å². The molecule has 0 spiro atoms. The molecule has 0 saturated heterocycles. The summed E-state index contributed by atoms with van der Waals surface area (Å²) in [6, 6.07) is 11.8. The summed E-state index contributed by atoms with van der Waals surface area (Å²) in [5.41, 5.74) is -0.636. The van der Waals surface area contributed by atoms with E-state index in [1.165, 1.54) is 18.2 Å². The molecule has 0 saturated carbocycles. The maximum absolute atomic E-state index is 13.1. The van der Waals surface area contributed by atoms with E-state index >= 15 is 0 Å². The van der Waals surface area contributed by atoms with Gasteiger partial charge in [0.1, 0.15) is 0 Å². The third-order valence-electron chi connectivity index (χ3n) is 3.28. The number of amides is 1. The number of anilines is 1. The van der Waals surface area contributed by atoms with Gasteiger partial charge in [-0.1, -0.05) is 33.3 Å². The fourth-order valence-corrected chi connectivity index (χ4v) is 2.39. The Morgan fingerprint density at radius 1 is 1.08 bits per heavy atom. The Labute approximate surface area is 148 Å². The molecule has 9 heteroatoms. The first-order chi connectivity index (χ1) is 11.8. The van der Waals surface area contributed by atoms with Gasteiger partial charge in [-0.15, -0.1) is 5.10 Å². The average molecular weight is 411 g/mol. The first-order valence-electron chi connectivity index (χ1n) is 7.00. The lowest BCUT2D eigenvalue weighted by Crippen LogP contribution is -2.12. The second kappa shape index (κ2) is 6.67. The van der Waals surface area contributed by atoms with Crippen molar-refractivity contribution in [3.05, 3.63) is 70.5 Å². The Bertz CT molecular complexity index is 906. The van der Waals surface area contributed by atoms with E-state index in [-0.39, 0.29) is 11.4 Å². The lowest BCUT2D eigenvalue weighted by atomic mass is 10.1. The maximum atomic E-state index is 13.1. The van der Waals surface area contributed by atoms with Crippen LogP contribution in [0.1, 0.15) is 16.1 Å². The quantitative estimate of drug-likeness (QED) is 0.699. The van der Waals surface area contributed by atoms with Crippen molar-refractivity contribution in [1.29, 1.82) is 0 Å². The summed E-state index contributed by atoms with van der Waals surface area (Å²) in [7, 11) is 0. The summed E-state index contributed by atoms with van der Waals surface area (Å²) < 4.78 is 41.0. The van der Waals surface area contributed by atoms with E-state index < -0.39 is 17.6 Å². The van der Waals surface area contributed by atoms with Crippen LogP contribution in [0, 0.1) is 0 Å². The lowest BCUT2D eigenvalue weighted by Gasteiger charge is -2.11. The number of carbonyl (C=O) groups is 1. The highest BCUT2D eigenvalue weighted by molar-refractivity contribution is 9.10. The van der Waals surface area contributed by atoms with Crippen LogP contribution in [0.5, 0.6) is 0 Å². The molecule has 0 aliphatic carbocycles. The van der Waals surface area contributed by atoms with Gasteiger partial charge in [-0.3, -0.25) is 4.79 Å². The topological polar surface area (TPSA) is 59.8 Å². The van der Waals surface area contributed by atoms with Crippen LogP contribution < -0.4 is 5.32 Å². The van der Waals surface area contributed by atoms with E-state index in [1.807, 2.05) is 0 Å². The van der Waals surface area contributed by atoms with Gasteiger partial charge in [0, 0.05) is 10.2 Å². The molecule has 1 amide bonds. The molecule has 0 aliphatic rings. The summed E-state index contributed by atoms with van der Waals surface area (Å²) >= 11 is 3.28. The highest BCUT2D eigenvalue weighted by Gasteiger charge is 2.34. The van der Waals surface area contributed by atoms with Crippen molar-refractivity contribution in [3.8, 4) is 5.69 Å². The van der Waals surface area contributed by atoms with E-state index in [0.717, 1.165) is 21.4 Å². The van der Waals surface area contributed by atoms with Crippen molar-refractivity contribution >= 4 is 27.5 Å². The number of halogens is 4. The highest BCUT2D eigenvalue weighted by atomic mass is 79.9. The Morgan fingerprint density at radius 3 is 2.44 bits per heavy atom. The Morgan fingerprint density at radius 2 is 1.76 bits per heavy atom. The highest BCUT2D eigenvalue weighted by Crippen LogP contribution is 2.33. The van der Waals surface area contributed by atoms with Crippen molar-refractivity contribution in [2.45, 2.75) is 6.18 Å². The van der Waals surface area contributed by atoms with Crippen molar-refractivity contribution < 1.29 is 18.0 Å². The third kappa shape index (κ3) is 3.87. The fraction of sp³-hybridized carbons (Fsp3) is 0.0625. The minimum absolute atomic E-state index is 0.0973. The van der Waals surface area contributed by atoms with Gasteiger partial charge >= 0.3 is 6.18 Å². The molecule has 1 aromatic heterocycles. The first kappa shape index (κ1) is 17.2. The van der Waals surface area contributed by atoms with Gasteiger partial charge in [0.2, 0.25) is 0 Å². The molecule has 0 atom stereocenters. The van der Waals surface area contributed by atoms with E-state index in [2.05, 4.69) is 31.6 Å². The molecule has 25 heavy (non-hydrogen) atoms. The molecule has 0 radical (unpaired) electrons. The third-order valence-corrected chi connectivity index (χ3v) is 3.81. The smallest absolute Gasteiger partial charge is 0.321 e. The second-order valence-electron chi connectivity index (χ2n) is 5.02. The molecule has 5 nitrogen and oxygen atoms in total. The summed E-state index contributed by atoms with van der Waals surface area (Å²) in [6.07, 6.45) is -3.39. The number of benzene rings is 2. The predicted molar refractivity (Wildman–Crippen MR) is 88.5 cm³/mol. The molecule has 2 aromatic carbocycles. The zero-order chi connectivity index (χ0) is 18.0. The largest absolute Gasteiger partial charge is 0.418 e. The number of hydrogen-bond acceptors (Lipinski definition) is 3. The molecular weight excluding hydrogens is 401 g/mol. The number of nitrogens with zero attached hydrogens (tertiary/aromatic N) is 3. The SMILES string of the molecule is O=C(Nc1ccc(Br)cc1)c1cn(-c2ccccc2C(F)(F)F)nn1. The number of aromatic nitrogens is 3. The average Bonchev–Trinajstić information content (AvgIpc) is 3.06. The van der Waals surface area contributed by atoms with Gasteiger partial charge in [-0.25, -0.2) is 4.68 Å². The van der Waals surface area contributed by atoms with Crippen molar-refractivity contribution in [3.63, 3.8) is 0 Å². The number of nitrogens with one attached hydrogen (secondary N) is 1. The Kier molecular flexibility index (Phi) is 4.58. The molecule has 0 aliphatic heterocycles. The van der Waals surface area contributed by atoms with Gasteiger partial charge in [0.05, 0.1) is 17.4 Å². The van der Waals surface area contributed by atoms with Crippen molar-refractivity contribution in [2.75, 3.05) is 5.32 Å². The zero-order valence-corrected chi connectivity index (χ0v) is 14.0. The van der Waals surface area contributed by atoms with Crippen LogP contribution in [-0.2, 0) is 6.18 Å². The molecule has 1 heterocycles. The molecule has 0 fully saturated rings. The number of carbonyl (C=O) groups excluding carboxylic acids is 1. The second-order valence-corrected chi connectivity index (χ2v) is 5.94. The van der Waals surface area contributed by atoms with Crippen molar-refractivity contribution in [2.24, 2.45) is 0 Å². The predicted octanol–water partition coefficient (Wildman–Crippen LogP) is 4.30. The Balaban J connectivity index is 1.86. The minimum atomic E-state index is -4.54. The van der Waals surface area contributed by atoms with Crippen molar-refractivity contribution in [1.82, 2.24) is 15.0 Å². The number of alkyl halides is 3. The molecule has 3 rings (SSSR count). The minimum Gasteiger partial charge on any atom is -0.321 e. The molecular formula is C16H10BrF3N4O. The zero-order valence-electron chi connectivity index (χ0n) is 12.5. The summed E-state index contributed by atoms with van der Waals surface area (Å²) in [5, 5.41) is 9.89. The normalized spacial score (nSPS) is 11.4. The monoisotopic (exact) mass is 410 g/mol. The van der Waals surface area contributed by atoms with E-state index in [0.29, 0.717) is 5.69 Å².